The van der Waals surface area contributed by atoms with Crippen LogP contribution in [0.25, 0.3) is 11.0 Å². The molecule has 0 fully saturated rings. The SMILES string of the molecule is CC(NCCC(=O)c1coc2ccccc12)C(O)c1ccc(O)cc1. The van der Waals surface area contributed by atoms with Crippen molar-refractivity contribution in [2.75, 3.05) is 6.54 Å². The molecule has 0 aliphatic heterocycles. The van der Waals surface area contributed by atoms with Crippen molar-refractivity contribution in [3.8, 4) is 5.75 Å². The van der Waals surface area contributed by atoms with Gasteiger partial charge in [0.05, 0.1) is 11.7 Å². The van der Waals surface area contributed by atoms with E-state index in [2.05, 4.69) is 5.32 Å². The molecule has 0 bridgehead atoms. The van der Waals surface area contributed by atoms with Gasteiger partial charge in [-0.25, -0.2) is 0 Å². The first-order chi connectivity index (χ1) is 12.1. The fraction of sp³-hybridized carbons (Fsp3) is 0.250. The third kappa shape index (κ3) is 3.90. The highest BCUT2D eigenvalue weighted by Gasteiger charge is 2.17. The van der Waals surface area contributed by atoms with E-state index in [-0.39, 0.29) is 17.6 Å². The minimum atomic E-state index is -0.717. The van der Waals surface area contributed by atoms with Gasteiger partial charge in [0.2, 0.25) is 0 Å². The van der Waals surface area contributed by atoms with Crippen molar-refractivity contribution in [2.45, 2.75) is 25.5 Å². The van der Waals surface area contributed by atoms with Crippen LogP contribution in [0.1, 0.15) is 35.4 Å². The summed E-state index contributed by atoms with van der Waals surface area (Å²) in [6, 6.07) is 13.7. The second-order valence-electron chi connectivity index (χ2n) is 6.10. The average Bonchev–Trinajstić information content (AvgIpc) is 3.05. The number of phenols is 1. The summed E-state index contributed by atoms with van der Waals surface area (Å²) in [6.07, 6.45) is 1.10. The lowest BCUT2D eigenvalue weighted by atomic mass is 10.0. The van der Waals surface area contributed by atoms with E-state index in [0.717, 1.165) is 5.39 Å². The van der Waals surface area contributed by atoms with Crippen LogP contribution >= 0.6 is 0 Å². The second-order valence-corrected chi connectivity index (χ2v) is 6.10. The highest BCUT2D eigenvalue weighted by molar-refractivity contribution is 6.07. The maximum Gasteiger partial charge on any atom is 0.167 e. The summed E-state index contributed by atoms with van der Waals surface area (Å²) in [5.74, 6) is 0.165. The van der Waals surface area contributed by atoms with Crippen LogP contribution in [-0.4, -0.2) is 28.6 Å². The van der Waals surface area contributed by atoms with Gasteiger partial charge < -0.3 is 19.9 Å². The summed E-state index contributed by atoms with van der Waals surface area (Å²) < 4.78 is 5.40. The summed E-state index contributed by atoms with van der Waals surface area (Å²) in [5.41, 5.74) is 2.00. The van der Waals surface area contributed by atoms with E-state index in [0.29, 0.717) is 29.7 Å². The number of rotatable bonds is 7. The van der Waals surface area contributed by atoms with Gasteiger partial charge in [-0.2, -0.15) is 0 Å². The van der Waals surface area contributed by atoms with Gasteiger partial charge in [0.1, 0.15) is 17.6 Å². The first-order valence-electron chi connectivity index (χ1n) is 8.26. The molecule has 5 heteroatoms. The predicted octanol–water partition coefficient (Wildman–Crippen LogP) is 3.42. The van der Waals surface area contributed by atoms with Crippen molar-refractivity contribution in [1.82, 2.24) is 5.32 Å². The molecule has 0 spiro atoms. The number of carbonyl (C=O) groups is 1. The maximum absolute atomic E-state index is 12.4. The van der Waals surface area contributed by atoms with Crippen LogP contribution in [0.5, 0.6) is 5.75 Å². The standard InChI is InChI=1S/C20H21NO4/c1-13(20(24)14-6-8-15(22)9-7-14)21-11-10-18(23)17-12-25-19-5-3-2-4-16(17)19/h2-9,12-13,20-22,24H,10-11H2,1H3. The molecular weight excluding hydrogens is 318 g/mol. The Hall–Kier alpha value is -2.63. The quantitative estimate of drug-likeness (QED) is 0.575. The molecule has 130 valence electrons. The highest BCUT2D eigenvalue weighted by Crippen LogP contribution is 2.22. The lowest BCUT2D eigenvalue weighted by Gasteiger charge is -2.20. The van der Waals surface area contributed by atoms with Crippen LogP contribution in [0.2, 0.25) is 0 Å². The summed E-state index contributed by atoms with van der Waals surface area (Å²) in [5, 5.41) is 23.6. The molecule has 2 aromatic carbocycles. The maximum atomic E-state index is 12.4. The number of hydrogen-bond acceptors (Lipinski definition) is 5. The van der Waals surface area contributed by atoms with E-state index in [1.54, 1.807) is 24.3 Å². The van der Waals surface area contributed by atoms with Gasteiger partial charge in [-0.1, -0.05) is 30.3 Å². The number of carbonyl (C=O) groups excluding carboxylic acids is 1. The summed E-state index contributed by atoms with van der Waals surface area (Å²) >= 11 is 0. The Kier molecular flexibility index (Phi) is 5.16. The monoisotopic (exact) mass is 339 g/mol. The Morgan fingerprint density at radius 2 is 1.88 bits per heavy atom. The number of ketones is 1. The Labute approximate surface area is 145 Å². The van der Waals surface area contributed by atoms with Crippen molar-refractivity contribution in [3.05, 3.63) is 65.9 Å². The first-order valence-corrected chi connectivity index (χ1v) is 8.26. The molecule has 2 unspecified atom stereocenters. The Balaban J connectivity index is 1.55. The minimum Gasteiger partial charge on any atom is -0.508 e. The van der Waals surface area contributed by atoms with Crippen LogP contribution in [0.15, 0.2) is 59.2 Å². The van der Waals surface area contributed by atoms with Gasteiger partial charge in [-0.05, 0) is 30.7 Å². The van der Waals surface area contributed by atoms with E-state index in [1.165, 1.54) is 6.26 Å². The lowest BCUT2D eigenvalue weighted by molar-refractivity contribution is 0.0973. The molecule has 25 heavy (non-hydrogen) atoms. The van der Waals surface area contributed by atoms with Gasteiger partial charge in [-0.3, -0.25) is 4.79 Å². The number of Topliss-reactive ketones (excluding diaryl/α,β-unsaturated/α-hetero) is 1. The number of nitrogens with one attached hydrogen (secondary N) is 1. The van der Waals surface area contributed by atoms with Gasteiger partial charge in [-0.15, -0.1) is 0 Å². The smallest absolute Gasteiger partial charge is 0.167 e. The largest absolute Gasteiger partial charge is 0.508 e. The summed E-state index contributed by atoms with van der Waals surface area (Å²) in [4.78, 5) is 12.4. The Morgan fingerprint density at radius 1 is 1.16 bits per heavy atom. The molecule has 1 aromatic heterocycles. The van der Waals surface area contributed by atoms with Gasteiger partial charge >= 0.3 is 0 Å². The fourth-order valence-electron chi connectivity index (χ4n) is 2.81. The number of phenolic OH excluding ortho intramolecular Hbond substituents is 1. The first kappa shape index (κ1) is 17.2. The number of para-hydroxylation sites is 1. The molecule has 0 amide bonds. The van der Waals surface area contributed by atoms with E-state index in [9.17, 15) is 15.0 Å². The van der Waals surface area contributed by atoms with Gasteiger partial charge in [0.25, 0.3) is 0 Å². The molecule has 2 atom stereocenters. The van der Waals surface area contributed by atoms with Crippen LogP contribution in [0.4, 0.5) is 0 Å². The summed E-state index contributed by atoms with van der Waals surface area (Å²) in [7, 11) is 0. The number of hydrogen-bond donors (Lipinski definition) is 3. The van der Waals surface area contributed by atoms with Crippen molar-refractivity contribution in [1.29, 1.82) is 0 Å². The molecule has 0 saturated carbocycles. The predicted molar refractivity (Wildman–Crippen MR) is 95.7 cm³/mol. The summed E-state index contributed by atoms with van der Waals surface area (Å²) in [6.45, 7) is 2.31. The van der Waals surface area contributed by atoms with Crippen molar-refractivity contribution in [3.63, 3.8) is 0 Å². The van der Waals surface area contributed by atoms with E-state index in [1.807, 2.05) is 31.2 Å². The number of aliphatic hydroxyl groups is 1. The van der Waals surface area contributed by atoms with Crippen LogP contribution in [0, 0.1) is 0 Å². The molecule has 1 heterocycles. The number of aliphatic hydroxyl groups excluding tert-OH is 1. The molecule has 3 N–H and O–H groups in total. The average molecular weight is 339 g/mol. The normalized spacial score (nSPS) is 13.7. The minimum absolute atomic E-state index is 0.00349. The fourth-order valence-corrected chi connectivity index (χ4v) is 2.81. The highest BCUT2D eigenvalue weighted by atomic mass is 16.3. The number of furan rings is 1. The number of fused-ring (bicyclic) bond motifs is 1. The third-order valence-corrected chi connectivity index (χ3v) is 4.31. The number of benzene rings is 2. The molecule has 0 aliphatic carbocycles. The van der Waals surface area contributed by atoms with Crippen LogP contribution in [0.3, 0.4) is 0 Å². The zero-order valence-electron chi connectivity index (χ0n) is 14.0. The molecular formula is C20H21NO4. The van der Waals surface area contributed by atoms with Crippen LogP contribution in [-0.2, 0) is 0 Å². The zero-order valence-corrected chi connectivity index (χ0v) is 14.0. The van der Waals surface area contributed by atoms with Crippen molar-refractivity contribution < 1.29 is 19.4 Å². The molecule has 0 aliphatic rings. The van der Waals surface area contributed by atoms with Gasteiger partial charge in [0, 0.05) is 24.4 Å². The van der Waals surface area contributed by atoms with E-state index in [4.69, 9.17) is 4.42 Å². The Morgan fingerprint density at radius 3 is 2.64 bits per heavy atom. The zero-order chi connectivity index (χ0) is 17.8. The van der Waals surface area contributed by atoms with E-state index >= 15 is 0 Å². The van der Waals surface area contributed by atoms with Crippen molar-refractivity contribution in [2.24, 2.45) is 0 Å². The molecule has 3 aromatic rings. The lowest BCUT2D eigenvalue weighted by Crippen LogP contribution is -2.33. The Bertz CT molecular complexity index is 854. The molecule has 3 rings (SSSR count). The topological polar surface area (TPSA) is 82.7 Å². The molecule has 5 nitrogen and oxygen atoms in total. The van der Waals surface area contributed by atoms with Crippen molar-refractivity contribution >= 4 is 16.8 Å². The van der Waals surface area contributed by atoms with E-state index < -0.39 is 6.10 Å². The molecule has 0 radical (unpaired) electrons. The number of aromatic hydroxyl groups is 1. The van der Waals surface area contributed by atoms with Gasteiger partial charge in [0.15, 0.2) is 5.78 Å². The third-order valence-electron chi connectivity index (χ3n) is 4.31. The molecule has 0 saturated heterocycles. The van der Waals surface area contributed by atoms with Crippen LogP contribution < -0.4 is 5.32 Å². The second kappa shape index (κ2) is 7.51.